The first kappa shape index (κ1) is 20.0. The van der Waals surface area contributed by atoms with Gasteiger partial charge in [-0.1, -0.05) is 16.8 Å². The highest BCUT2D eigenvalue weighted by Gasteiger charge is 2.38. The zero-order chi connectivity index (χ0) is 21.3. The van der Waals surface area contributed by atoms with E-state index < -0.39 is 24.3 Å². The largest absolute Gasteiger partial charge is 0.447 e. The lowest BCUT2D eigenvalue weighted by Crippen LogP contribution is -2.41. The van der Waals surface area contributed by atoms with Crippen molar-refractivity contribution in [3.63, 3.8) is 0 Å². The lowest BCUT2D eigenvalue weighted by Gasteiger charge is -2.22. The second kappa shape index (κ2) is 8.25. The molecule has 0 saturated carbocycles. The van der Waals surface area contributed by atoms with Gasteiger partial charge in [-0.25, -0.2) is 9.78 Å². The first-order chi connectivity index (χ1) is 14.4. The number of ether oxygens (including phenoxy) is 1. The van der Waals surface area contributed by atoms with Gasteiger partial charge in [-0.05, 0) is 44.2 Å². The van der Waals surface area contributed by atoms with Crippen LogP contribution in [0.4, 0.5) is 16.6 Å². The van der Waals surface area contributed by atoms with Crippen molar-refractivity contribution in [2.24, 2.45) is 0 Å². The van der Waals surface area contributed by atoms with Gasteiger partial charge in [-0.3, -0.25) is 4.90 Å². The van der Waals surface area contributed by atoms with Crippen LogP contribution in [0.15, 0.2) is 41.1 Å². The number of hydrogen-bond acceptors (Lipinski definition) is 9. The Morgan fingerprint density at radius 1 is 1.23 bits per heavy atom. The number of cyclic esters (lactones) is 1. The van der Waals surface area contributed by atoms with Gasteiger partial charge in [0.15, 0.2) is 0 Å². The van der Waals surface area contributed by atoms with Gasteiger partial charge in [-0.2, -0.15) is 9.97 Å². The molecule has 0 spiro atoms. The maximum absolute atomic E-state index is 12.1. The molecule has 3 aromatic rings. The summed E-state index contributed by atoms with van der Waals surface area (Å²) in [7, 11) is 0. The fourth-order valence-corrected chi connectivity index (χ4v) is 3.12. The number of aromatic nitrogens is 4. The normalized spacial score (nSPS) is 18.2. The Morgan fingerprint density at radius 3 is 2.73 bits per heavy atom. The van der Waals surface area contributed by atoms with Gasteiger partial charge >= 0.3 is 6.09 Å². The number of nitrogens with zero attached hydrogens (tertiary/aromatic N) is 5. The Balaban J connectivity index is 1.50. The van der Waals surface area contributed by atoms with Crippen molar-refractivity contribution >= 4 is 29.5 Å². The van der Waals surface area contributed by atoms with E-state index in [0.29, 0.717) is 22.6 Å². The predicted octanol–water partition coefficient (Wildman–Crippen LogP) is 3.06. The van der Waals surface area contributed by atoms with Crippen LogP contribution in [0.2, 0.25) is 5.02 Å². The van der Waals surface area contributed by atoms with Gasteiger partial charge < -0.3 is 19.7 Å². The predicted molar refractivity (Wildman–Crippen MR) is 108 cm³/mol. The van der Waals surface area contributed by atoms with Crippen LogP contribution in [0, 0.1) is 0 Å². The maximum Gasteiger partial charge on any atom is 0.416 e. The van der Waals surface area contributed by atoms with Crippen LogP contribution in [-0.2, 0) is 4.74 Å². The zero-order valence-electron chi connectivity index (χ0n) is 16.2. The van der Waals surface area contributed by atoms with Crippen molar-refractivity contribution < 1.29 is 19.2 Å². The van der Waals surface area contributed by atoms with E-state index in [0.717, 1.165) is 5.56 Å². The van der Waals surface area contributed by atoms with Crippen LogP contribution in [0.25, 0.3) is 11.4 Å². The summed E-state index contributed by atoms with van der Waals surface area (Å²) in [5, 5.41) is 17.6. The van der Waals surface area contributed by atoms with E-state index in [1.165, 1.54) is 11.1 Å². The molecule has 1 aliphatic heterocycles. The Kier molecular flexibility index (Phi) is 5.51. The van der Waals surface area contributed by atoms with E-state index in [1.54, 1.807) is 37.3 Å². The number of nitrogens with one attached hydrogen (secondary N) is 1. The third-order valence-corrected chi connectivity index (χ3v) is 4.86. The number of amides is 1. The summed E-state index contributed by atoms with van der Waals surface area (Å²) >= 11 is 5.91. The van der Waals surface area contributed by atoms with E-state index in [-0.39, 0.29) is 12.6 Å². The summed E-state index contributed by atoms with van der Waals surface area (Å²) in [6, 6.07) is 7.76. The van der Waals surface area contributed by atoms with Gasteiger partial charge in [0.1, 0.15) is 24.5 Å². The highest BCUT2D eigenvalue weighted by Crippen LogP contribution is 2.25. The van der Waals surface area contributed by atoms with Crippen LogP contribution < -0.4 is 10.2 Å². The molecule has 1 fully saturated rings. The van der Waals surface area contributed by atoms with Crippen molar-refractivity contribution in [2.45, 2.75) is 32.0 Å². The summed E-state index contributed by atoms with van der Waals surface area (Å²) in [5.74, 6) is 1.36. The SMILES string of the molecule is C[C@H](Nc1nccc(N2C(=O)OCC2[C@@H](C)O)n1)c1nc(-c2ccc(Cl)cc2)no1. The molecule has 1 aliphatic rings. The Bertz CT molecular complexity index is 1040. The highest BCUT2D eigenvalue weighted by atomic mass is 35.5. The molecule has 1 aromatic carbocycles. The molecule has 1 unspecified atom stereocenters. The van der Waals surface area contributed by atoms with Crippen molar-refractivity contribution in [1.82, 2.24) is 20.1 Å². The van der Waals surface area contributed by atoms with Gasteiger partial charge in [-0.15, -0.1) is 0 Å². The first-order valence-electron chi connectivity index (χ1n) is 9.25. The minimum atomic E-state index is -0.772. The summed E-state index contributed by atoms with van der Waals surface area (Å²) in [4.78, 5) is 26.3. The minimum absolute atomic E-state index is 0.0924. The molecule has 0 bridgehead atoms. The van der Waals surface area contributed by atoms with E-state index in [9.17, 15) is 9.90 Å². The molecule has 11 heteroatoms. The number of anilines is 2. The quantitative estimate of drug-likeness (QED) is 0.606. The van der Waals surface area contributed by atoms with Crippen molar-refractivity contribution in [3.05, 3.63) is 47.4 Å². The number of benzene rings is 1. The van der Waals surface area contributed by atoms with Crippen LogP contribution in [0.3, 0.4) is 0 Å². The monoisotopic (exact) mass is 430 g/mol. The molecule has 1 amide bonds. The summed E-state index contributed by atoms with van der Waals surface area (Å²) in [6.07, 6.45) is 0.171. The fraction of sp³-hybridized carbons (Fsp3) is 0.316. The second-order valence-electron chi connectivity index (χ2n) is 6.82. The lowest BCUT2D eigenvalue weighted by atomic mass is 10.2. The Labute approximate surface area is 176 Å². The number of aliphatic hydroxyl groups is 1. The fourth-order valence-electron chi connectivity index (χ4n) is 2.99. The maximum atomic E-state index is 12.1. The van der Waals surface area contributed by atoms with Crippen molar-refractivity contribution in [2.75, 3.05) is 16.8 Å². The molecule has 156 valence electrons. The number of aliphatic hydroxyl groups excluding tert-OH is 1. The molecule has 0 radical (unpaired) electrons. The third kappa shape index (κ3) is 4.05. The molecule has 0 aliphatic carbocycles. The van der Waals surface area contributed by atoms with Crippen LogP contribution in [0.5, 0.6) is 0 Å². The van der Waals surface area contributed by atoms with Crippen LogP contribution in [0.1, 0.15) is 25.8 Å². The molecule has 30 heavy (non-hydrogen) atoms. The average Bonchev–Trinajstić information content (AvgIpc) is 3.36. The average molecular weight is 431 g/mol. The van der Waals surface area contributed by atoms with Gasteiger partial charge in [0.25, 0.3) is 0 Å². The van der Waals surface area contributed by atoms with E-state index in [2.05, 4.69) is 25.4 Å². The van der Waals surface area contributed by atoms with Crippen LogP contribution >= 0.6 is 11.6 Å². The number of halogens is 1. The summed E-state index contributed by atoms with van der Waals surface area (Å²) < 4.78 is 10.4. The topological polar surface area (TPSA) is 127 Å². The van der Waals surface area contributed by atoms with E-state index >= 15 is 0 Å². The molecule has 10 nitrogen and oxygen atoms in total. The number of carbonyl (C=O) groups is 1. The summed E-state index contributed by atoms with van der Waals surface area (Å²) in [5.41, 5.74) is 0.775. The summed E-state index contributed by atoms with van der Waals surface area (Å²) in [6.45, 7) is 3.50. The number of carbonyl (C=O) groups excluding carboxylic acids is 1. The molecule has 2 aromatic heterocycles. The third-order valence-electron chi connectivity index (χ3n) is 4.61. The molecule has 1 saturated heterocycles. The van der Waals surface area contributed by atoms with E-state index in [1.807, 2.05) is 6.92 Å². The van der Waals surface area contributed by atoms with Crippen molar-refractivity contribution in [3.8, 4) is 11.4 Å². The molecule has 2 N–H and O–H groups in total. The standard InChI is InChI=1S/C19H19ClN6O4/c1-10(17-24-16(25-30-17)12-3-5-13(20)6-4-12)22-18-21-8-7-15(23-18)26-14(11(2)27)9-29-19(26)28/h3-8,10-11,14,27H,9H2,1-2H3,(H,21,22,23)/t10-,11+,14?/m0/s1. The molecule has 4 rings (SSSR count). The van der Waals surface area contributed by atoms with Gasteiger partial charge in [0, 0.05) is 16.8 Å². The van der Waals surface area contributed by atoms with Gasteiger partial charge in [0.2, 0.25) is 17.7 Å². The molecule has 3 atom stereocenters. The Hall–Kier alpha value is -3.24. The first-order valence-corrected chi connectivity index (χ1v) is 9.63. The smallest absolute Gasteiger partial charge is 0.416 e. The lowest BCUT2D eigenvalue weighted by molar-refractivity contribution is 0.142. The Morgan fingerprint density at radius 2 is 2.00 bits per heavy atom. The zero-order valence-corrected chi connectivity index (χ0v) is 16.9. The second-order valence-corrected chi connectivity index (χ2v) is 7.26. The van der Waals surface area contributed by atoms with Crippen LogP contribution in [-0.4, -0.2) is 50.1 Å². The van der Waals surface area contributed by atoms with E-state index in [4.69, 9.17) is 20.9 Å². The molecular weight excluding hydrogens is 412 g/mol. The van der Waals surface area contributed by atoms with Crippen molar-refractivity contribution in [1.29, 1.82) is 0 Å². The number of hydrogen-bond donors (Lipinski definition) is 2. The minimum Gasteiger partial charge on any atom is -0.447 e. The van der Waals surface area contributed by atoms with Gasteiger partial charge in [0.05, 0.1) is 6.10 Å². The highest BCUT2D eigenvalue weighted by molar-refractivity contribution is 6.30. The molecule has 3 heterocycles. The molecular formula is C19H19ClN6O4. The number of rotatable bonds is 6.